The molecule has 0 aliphatic rings. The minimum Gasteiger partial charge on any atom is -0.493 e. The summed E-state index contributed by atoms with van der Waals surface area (Å²) in [6, 6.07) is 19.2. The Morgan fingerprint density at radius 3 is 2.33 bits per heavy atom. The molecule has 0 atom stereocenters. The molecule has 0 unspecified atom stereocenters. The number of hydrazone groups is 1. The Balaban J connectivity index is 1.76. The Morgan fingerprint density at radius 1 is 1.00 bits per heavy atom. The number of amides is 1. The molecule has 0 saturated carbocycles. The third-order valence-corrected chi connectivity index (χ3v) is 7.19. The summed E-state index contributed by atoms with van der Waals surface area (Å²) in [7, 11) is -1.43. The van der Waals surface area contributed by atoms with E-state index in [1.807, 2.05) is 0 Å². The predicted molar refractivity (Wildman–Crippen MR) is 142 cm³/mol. The first kappa shape index (κ1) is 26.9. The molecular formula is C24H22IN3O7S. The lowest BCUT2D eigenvalue weighted by atomic mass is 10.2. The minimum atomic E-state index is -4.02. The van der Waals surface area contributed by atoms with Gasteiger partial charge in [0.05, 0.1) is 31.0 Å². The number of anilines is 1. The third kappa shape index (κ3) is 6.95. The van der Waals surface area contributed by atoms with Gasteiger partial charge in [0.2, 0.25) is 0 Å². The van der Waals surface area contributed by atoms with Crippen LogP contribution in [0.4, 0.5) is 10.5 Å². The van der Waals surface area contributed by atoms with Gasteiger partial charge in [-0.25, -0.2) is 18.6 Å². The summed E-state index contributed by atoms with van der Waals surface area (Å²) in [6.45, 7) is -0.496. The number of hydrogen-bond donors (Lipinski definition) is 1. The van der Waals surface area contributed by atoms with Crippen LogP contribution in [0.15, 0.2) is 82.8 Å². The number of benzene rings is 3. The summed E-state index contributed by atoms with van der Waals surface area (Å²) in [6.07, 6.45) is 0.439. The molecule has 10 nitrogen and oxygen atoms in total. The van der Waals surface area contributed by atoms with Crippen LogP contribution in [0.25, 0.3) is 0 Å². The lowest BCUT2D eigenvalue weighted by Gasteiger charge is -2.23. The molecule has 0 aromatic heterocycles. The number of nitrogens with zero attached hydrogens (tertiary/aromatic N) is 2. The SMILES string of the molecule is COC(=O)Oc1ccc(/C=N\NC(=O)CN(c2ccc(I)cc2)S(=O)(=O)c2ccccc2)cc1OC. The highest BCUT2D eigenvalue weighted by Gasteiger charge is 2.27. The molecule has 0 saturated heterocycles. The van der Waals surface area contributed by atoms with E-state index >= 15 is 0 Å². The smallest absolute Gasteiger partial charge is 0.493 e. The van der Waals surface area contributed by atoms with Gasteiger partial charge in [-0.3, -0.25) is 9.10 Å². The van der Waals surface area contributed by atoms with Crippen LogP contribution in [0.1, 0.15) is 5.56 Å². The number of nitrogens with one attached hydrogen (secondary N) is 1. The number of hydrogen-bond acceptors (Lipinski definition) is 8. The summed E-state index contributed by atoms with van der Waals surface area (Å²) in [5, 5.41) is 3.90. The summed E-state index contributed by atoms with van der Waals surface area (Å²) in [5.41, 5.74) is 3.20. The van der Waals surface area contributed by atoms with Crippen molar-refractivity contribution in [1.29, 1.82) is 0 Å². The monoisotopic (exact) mass is 623 g/mol. The average Bonchev–Trinajstić information content (AvgIpc) is 2.89. The molecule has 0 fully saturated rings. The van der Waals surface area contributed by atoms with Gasteiger partial charge < -0.3 is 14.2 Å². The molecule has 1 amide bonds. The van der Waals surface area contributed by atoms with Gasteiger partial charge in [-0.2, -0.15) is 5.10 Å². The van der Waals surface area contributed by atoms with Gasteiger partial charge in [0.15, 0.2) is 11.5 Å². The second-order valence-corrected chi connectivity index (χ2v) is 10.2. The predicted octanol–water partition coefficient (Wildman–Crippen LogP) is 3.79. The first-order chi connectivity index (χ1) is 17.2. The quantitative estimate of drug-likeness (QED) is 0.127. The average molecular weight is 623 g/mol. The number of sulfonamides is 1. The standard InChI is InChI=1S/C24H22IN3O7S/c1-33-22-14-17(8-13-21(22)35-24(30)34-2)15-26-27-23(29)16-28(19-11-9-18(25)10-12-19)36(31,32)20-6-4-3-5-7-20/h3-15H,16H2,1-2H3,(H,27,29)/b26-15-. The Kier molecular flexibility index (Phi) is 9.25. The molecule has 0 radical (unpaired) electrons. The number of halogens is 1. The first-order valence-corrected chi connectivity index (χ1v) is 12.9. The maximum Gasteiger partial charge on any atom is 0.513 e. The summed E-state index contributed by atoms with van der Waals surface area (Å²) in [5.74, 6) is -0.263. The molecule has 36 heavy (non-hydrogen) atoms. The molecule has 3 aromatic carbocycles. The van der Waals surface area contributed by atoms with Crippen molar-refractivity contribution in [2.75, 3.05) is 25.1 Å². The van der Waals surface area contributed by atoms with Crippen molar-refractivity contribution in [3.05, 3.63) is 81.9 Å². The maximum atomic E-state index is 13.3. The van der Waals surface area contributed by atoms with Crippen LogP contribution in [0.5, 0.6) is 11.5 Å². The van der Waals surface area contributed by atoms with Gasteiger partial charge in [-0.15, -0.1) is 0 Å². The van der Waals surface area contributed by atoms with Crippen LogP contribution in [0.2, 0.25) is 0 Å². The van der Waals surface area contributed by atoms with Crippen LogP contribution in [-0.4, -0.2) is 47.5 Å². The number of ether oxygens (including phenoxy) is 3. The largest absolute Gasteiger partial charge is 0.513 e. The Bertz CT molecular complexity index is 1350. The topological polar surface area (TPSA) is 124 Å². The van der Waals surface area contributed by atoms with Gasteiger partial charge in [-0.05, 0) is 82.8 Å². The molecule has 0 aliphatic carbocycles. The molecule has 0 aliphatic heterocycles. The van der Waals surface area contributed by atoms with Gasteiger partial charge in [-0.1, -0.05) is 18.2 Å². The highest BCUT2D eigenvalue weighted by atomic mass is 127. The second kappa shape index (κ2) is 12.4. The lowest BCUT2D eigenvalue weighted by molar-refractivity contribution is -0.119. The van der Waals surface area contributed by atoms with E-state index in [2.05, 4.69) is 37.9 Å². The number of methoxy groups -OCH3 is 2. The van der Waals surface area contributed by atoms with Crippen molar-refractivity contribution >= 4 is 56.6 Å². The van der Waals surface area contributed by atoms with Gasteiger partial charge in [0.25, 0.3) is 15.9 Å². The fraction of sp³-hybridized carbons (Fsp3) is 0.125. The number of carbonyl (C=O) groups is 2. The van der Waals surface area contributed by atoms with E-state index in [4.69, 9.17) is 9.47 Å². The molecule has 3 rings (SSSR count). The second-order valence-electron chi connectivity index (χ2n) is 7.06. The van der Waals surface area contributed by atoms with Gasteiger partial charge in [0, 0.05) is 3.57 Å². The molecule has 12 heteroatoms. The zero-order chi connectivity index (χ0) is 26.1. The van der Waals surface area contributed by atoms with Crippen molar-refractivity contribution in [2.45, 2.75) is 4.90 Å². The minimum absolute atomic E-state index is 0.0567. The van der Waals surface area contributed by atoms with E-state index in [1.165, 1.54) is 44.7 Å². The Labute approximate surface area is 222 Å². The molecule has 0 spiro atoms. The van der Waals surface area contributed by atoms with Crippen molar-refractivity contribution in [1.82, 2.24) is 5.43 Å². The third-order valence-electron chi connectivity index (χ3n) is 4.68. The maximum absolute atomic E-state index is 13.3. The normalized spacial score (nSPS) is 11.1. The zero-order valence-corrected chi connectivity index (χ0v) is 22.2. The number of rotatable bonds is 9. The van der Waals surface area contributed by atoms with E-state index in [9.17, 15) is 18.0 Å². The van der Waals surface area contributed by atoms with E-state index in [-0.39, 0.29) is 16.4 Å². The fourth-order valence-electron chi connectivity index (χ4n) is 2.97. The van der Waals surface area contributed by atoms with E-state index in [1.54, 1.807) is 48.5 Å². The van der Waals surface area contributed by atoms with Gasteiger partial charge in [0.1, 0.15) is 6.54 Å². The lowest BCUT2D eigenvalue weighted by Crippen LogP contribution is -2.39. The fourth-order valence-corrected chi connectivity index (χ4v) is 4.77. The highest BCUT2D eigenvalue weighted by molar-refractivity contribution is 14.1. The number of carbonyl (C=O) groups excluding carboxylic acids is 2. The van der Waals surface area contributed by atoms with Crippen LogP contribution >= 0.6 is 22.6 Å². The van der Waals surface area contributed by atoms with Crippen molar-refractivity contribution in [3.63, 3.8) is 0 Å². The summed E-state index contributed by atoms with van der Waals surface area (Å²) < 4.78 is 43.2. The van der Waals surface area contributed by atoms with Crippen LogP contribution < -0.4 is 19.2 Å². The Morgan fingerprint density at radius 2 is 1.69 bits per heavy atom. The Hall–Kier alpha value is -3.65. The van der Waals surface area contributed by atoms with E-state index < -0.39 is 28.6 Å². The molecule has 0 bridgehead atoms. The van der Waals surface area contributed by atoms with E-state index in [0.29, 0.717) is 11.3 Å². The van der Waals surface area contributed by atoms with Crippen molar-refractivity contribution in [3.8, 4) is 11.5 Å². The molecular weight excluding hydrogens is 601 g/mol. The first-order valence-electron chi connectivity index (χ1n) is 10.3. The zero-order valence-electron chi connectivity index (χ0n) is 19.3. The van der Waals surface area contributed by atoms with Crippen molar-refractivity contribution in [2.24, 2.45) is 5.10 Å². The van der Waals surface area contributed by atoms with Crippen LogP contribution in [-0.2, 0) is 19.6 Å². The summed E-state index contributed by atoms with van der Waals surface area (Å²) in [4.78, 5) is 24.1. The highest BCUT2D eigenvalue weighted by Crippen LogP contribution is 2.28. The van der Waals surface area contributed by atoms with Crippen molar-refractivity contribution < 1.29 is 32.2 Å². The van der Waals surface area contributed by atoms with Crippen LogP contribution in [0, 0.1) is 3.57 Å². The molecule has 188 valence electrons. The molecule has 1 N–H and O–H groups in total. The van der Waals surface area contributed by atoms with Crippen LogP contribution in [0.3, 0.4) is 0 Å². The molecule has 3 aromatic rings. The van der Waals surface area contributed by atoms with Gasteiger partial charge >= 0.3 is 6.16 Å². The van der Waals surface area contributed by atoms with E-state index in [0.717, 1.165) is 7.88 Å². The molecule has 0 heterocycles. The summed E-state index contributed by atoms with van der Waals surface area (Å²) >= 11 is 2.11.